The fourth-order valence-corrected chi connectivity index (χ4v) is 6.16. The molecule has 2 aliphatic heterocycles. The zero-order valence-electron chi connectivity index (χ0n) is 13.9. The van der Waals surface area contributed by atoms with Crippen LogP contribution in [0.2, 0.25) is 0 Å². The normalized spacial score (nSPS) is 30.1. The Morgan fingerprint density at radius 3 is 2.73 bits per heavy atom. The fourth-order valence-electron chi connectivity index (χ4n) is 4.67. The van der Waals surface area contributed by atoms with Crippen LogP contribution in [0.3, 0.4) is 0 Å². The number of hydrogen-bond acceptors (Lipinski definition) is 2. The highest BCUT2D eigenvalue weighted by Gasteiger charge is 2.44. The SMILES string of the molecule is CC(N1CCCCC1)C1(C)SCCC2=C1Cc1ccccc12. The highest BCUT2D eigenvalue weighted by atomic mass is 32.2. The number of hydrogen-bond donors (Lipinski definition) is 0. The first-order valence-corrected chi connectivity index (χ1v) is 9.87. The molecule has 4 rings (SSSR count). The Bertz CT molecular complexity index is 599. The molecule has 1 aromatic rings. The first-order valence-electron chi connectivity index (χ1n) is 8.89. The van der Waals surface area contributed by atoms with Gasteiger partial charge >= 0.3 is 0 Å². The molecule has 1 aliphatic carbocycles. The molecule has 0 bridgehead atoms. The van der Waals surface area contributed by atoms with Crippen molar-refractivity contribution in [3.8, 4) is 0 Å². The molecule has 118 valence electrons. The number of likely N-dealkylation sites (tertiary alicyclic amines) is 1. The summed E-state index contributed by atoms with van der Waals surface area (Å²) in [6, 6.07) is 9.75. The lowest BCUT2D eigenvalue weighted by atomic mass is 9.86. The Morgan fingerprint density at radius 2 is 1.91 bits per heavy atom. The summed E-state index contributed by atoms with van der Waals surface area (Å²) in [6.07, 6.45) is 6.65. The Labute approximate surface area is 139 Å². The van der Waals surface area contributed by atoms with E-state index in [9.17, 15) is 0 Å². The van der Waals surface area contributed by atoms with E-state index in [0.29, 0.717) is 10.8 Å². The Hall–Kier alpha value is -0.730. The van der Waals surface area contributed by atoms with Crippen LogP contribution in [0, 0.1) is 0 Å². The monoisotopic (exact) mass is 313 g/mol. The number of allylic oxidation sites excluding steroid dienone is 1. The lowest BCUT2D eigenvalue weighted by molar-refractivity contribution is 0.155. The molecule has 2 unspecified atom stereocenters. The number of thioether (sulfide) groups is 1. The van der Waals surface area contributed by atoms with Gasteiger partial charge in [0.05, 0.1) is 4.75 Å². The van der Waals surface area contributed by atoms with Gasteiger partial charge in [-0.15, -0.1) is 11.8 Å². The minimum Gasteiger partial charge on any atom is -0.299 e. The quantitative estimate of drug-likeness (QED) is 0.774. The average molecular weight is 314 g/mol. The van der Waals surface area contributed by atoms with Gasteiger partial charge < -0.3 is 0 Å². The van der Waals surface area contributed by atoms with Crippen molar-refractivity contribution in [1.29, 1.82) is 0 Å². The Balaban J connectivity index is 1.68. The number of benzene rings is 1. The van der Waals surface area contributed by atoms with E-state index in [4.69, 9.17) is 0 Å². The molecule has 2 atom stereocenters. The van der Waals surface area contributed by atoms with E-state index in [1.165, 1.54) is 50.9 Å². The molecule has 0 radical (unpaired) electrons. The lowest BCUT2D eigenvalue weighted by Crippen LogP contribution is -2.51. The van der Waals surface area contributed by atoms with E-state index >= 15 is 0 Å². The number of fused-ring (bicyclic) bond motifs is 2. The third-order valence-corrected chi connectivity index (χ3v) is 7.76. The molecule has 0 N–H and O–H groups in total. The van der Waals surface area contributed by atoms with Crippen LogP contribution < -0.4 is 0 Å². The third-order valence-electron chi connectivity index (χ3n) is 6.16. The second-order valence-corrected chi connectivity index (χ2v) is 8.81. The lowest BCUT2D eigenvalue weighted by Gasteiger charge is -2.46. The van der Waals surface area contributed by atoms with Crippen LogP contribution in [-0.4, -0.2) is 34.5 Å². The first-order chi connectivity index (χ1) is 10.7. The summed E-state index contributed by atoms with van der Waals surface area (Å²) in [6.45, 7) is 7.61. The van der Waals surface area contributed by atoms with Gasteiger partial charge in [-0.3, -0.25) is 4.90 Å². The van der Waals surface area contributed by atoms with Crippen molar-refractivity contribution in [2.45, 2.75) is 56.7 Å². The molecule has 1 saturated heterocycles. The molecule has 2 heterocycles. The van der Waals surface area contributed by atoms with Crippen molar-refractivity contribution in [3.05, 3.63) is 41.0 Å². The van der Waals surface area contributed by atoms with Gasteiger partial charge in [-0.05, 0) is 80.6 Å². The maximum absolute atomic E-state index is 2.76. The van der Waals surface area contributed by atoms with Crippen molar-refractivity contribution in [1.82, 2.24) is 4.90 Å². The second kappa shape index (κ2) is 5.72. The van der Waals surface area contributed by atoms with Crippen molar-refractivity contribution < 1.29 is 0 Å². The van der Waals surface area contributed by atoms with Crippen LogP contribution in [0.25, 0.3) is 5.57 Å². The van der Waals surface area contributed by atoms with Gasteiger partial charge in [-0.25, -0.2) is 0 Å². The zero-order valence-corrected chi connectivity index (χ0v) is 14.7. The summed E-state index contributed by atoms with van der Waals surface area (Å²) in [4.78, 5) is 2.76. The second-order valence-electron chi connectivity index (χ2n) is 7.27. The standard InChI is InChI=1S/C20H27NS/c1-15(21-11-6-3-7-12-21)20(2)19-14-16-8-4-5-9-17(16)18(19)10-13-22-20/h4-5,8-9,15H,3,6-7,10-14H2,1-2H3. The van der Waals surface area contributed by atoms with Crippen molar-refractivity contribution >= 4 is 17.3 Å². The third kappa shape index (κ3) is 2.27. The highest BCUT2D eigenvalue weighted by molar-refractivity contribution is 8.01. The fraction of sp³-hybridized carbons (Fsp3) is 0.600. The van der Waals surface area contributed by atoms with Gasteiger partial charge in [0.2, 0.25) is 0 Å². The van der Waals surface area contributed by atoms with Gasteiger partial charge in [0, 0.05) is 6.04 Å². The summed E-state index contributed by atoms with van der Waals surface area (Å²) < 4.78 is 0.296. The molecule has 22 heavy (non-hydrogen) atoms. The molecule has 1 fully saturated rings. The van der Waals surface area contributed by atoms with E-state index in [0.717, 1.165) is 0 Å². The van der Waals surface area contributed by atoms with E-state index in [1.54, 1.807) is 22.3 Å². The maximum Gasteiger partial charge on any atom is 0.0501 e. The molecule has 0 spiro atoms. The molecule has 2 heteroatoms. The van der Waals surface area contributed by atoms with Crippen molar-refractivity contribution in [2.75, 3.05) is 18.8 Å². The van der Waals surface area contributed by atoms with Crippen LogP contribution >= 0.6 is 11.8 Å². The van der Waals surface area contributed by atoms with Crippen LogP contribution in [0.4, 0.5) is 0 Å². The van der Waals surface area contributed by atoms with Crippen LogP contribution in [0.15, 0.2) is 29.8 Å². The predicted octanol–water partition coefficient (Wildman–Crippen LogP) is 4.77. The largest absolute Gasteiger partial charge is 0.299 e. The molecule has 0 saturated carbocycles. The van der Waals surface area contributed by atoms with Crippen LogP contribution in [0.5, 0.6) is 0 Å². The smallest absolute Gasteiger partial charge is 0.0501 e. The molecule has 1 aromatic carbocycles. The summed E-state index contributed by atoms with van der Waals surface area (Å²) in [5.41, 5.74) is 6.53. The zero-order chi connectivity index (χ0) is 15.2. The van der Waals surface area contributed by atoms with Crippen LogP contribution in [0.1, 0.15) is 50.7 Å². The molecule has 0 amide bonds. The van der Waals surface area contributed by atoms with Crippen molar-refractivity contribution in [3.63, 3.8) is 0 Å². The van der Waals surface area contributed by atoms with Gasteiger partial charge in [0.1, 0.15) is 0 Å². The molecular weight excluding hydrogens is 286 g/mol. The van der Waals surface area contributed by atoms with Gasteiger partial charge in [0.15, 0.2) is 0 Å². The topological polar surface area (TPSA) is 3.24 Å². The first kappa shape index (κ1) is 14.8. The van der Waals surface area contributed by atoms with Gasteiger partial charge in [0.25, 0.3) is 0 Å². The molecule has 3 aliphatic rings. The average Bonchev–Trinajstić information content (AvgIpc) is 2.96. The summed E-state index contributed by atoms with van der Waals surface area (Å²) in [7, 11) is 0. The highest BCUT2D eigenvalue weighted by Crippen LogP contribution is 2.52. The summed E-state index contributed by atoms with van der Waals surface area (Å²) >= 11 is 2.21. The van der Waals surface area contributed by atoms with E-state index in [-0.39, 0.29) is 0 Å². The Morgan fingerprint density at radius 1 is 1.14 bits per heavy atom. The molecule has 1 nitrogen and oxygen atoms in total. The molecule has 0 aromatic heterocycles. The number of nitrogens with zero attached hydrogens (tertiary/aromatic N) is 1. The van der Waals surface area contributed by atoms with Crippen LogP contribution in [-0.2, 0) is 6.42 Å². The number of rotatable bonds is 2. The summed E-state index contributed by atoms with van der Waals surface area (Å²) in [5, 5.41) is 0. The van der Waals surface area contributed by atoms with Gasteiger partial charge in [-0.1, -0.05) is 30.7 Å². The summed E-state index contributed by atoms with van der Waals surface area (Å²) in [5.74, 6) is 1.28. The molecular formula is C20H27NS. The van der Waals surface area contributed by atoms with Gasteiger partial charge in [-0.2, -0.15) is 0 Å². The van der Waals surface area contributed by atoms with E-state index in [2.05, 4.69) is 54.8 Å². The van der Waals surface area contributed by atoms with E-state index in [1.807, 2.05) is 0 Å². The minimum atomic E-state index is 0.296. The Kier molecular flexibility index (Phi) is 3.86. The van der Waals surface area contributed by atoms with E-state index < -0.39 is 0 Å². The predicted molar refractivity (Wildman–Crippen MR) is 97.4 cm³/mol. The van der Waals surface area contributed by atoms with Crippen molar-refractivity contribution in [2.24, 2.45) is 0 Å². The number of piperidine rings is 1. The maximum atomic E-state index is 2.76. The minimum absolute atomic E-state index is 0.296.